The van der Waals surface area contributed by atoms with Crippen LogP contribution in [-0.2, 0) is 4.79 Å². The molecule has 4 nitrogen and oxygen atoms in total. The van der Waals surface area contributed by atoms with Gasteiger partial charge in [-0.15, -0.1) is 12.3 Å². The normalized spacial score (nSPS) is 15.0. The molecule has 0 saturated carbocycles. The minimum absolute atomic E-state index is 0.209. The summed E-state index contributed by atoms with van der Waals surface area (Å²) in [6, 6.07) is 0. The van der Waals surface area contributed by atoms with Crippen molar-refractivity contribution < 1.29 is 9.90 Å². The van der Waals surface area contributed by atoms with E-state index in [-0.39, 0.29) is 5.66 Å². The van der Waals surface area contributed by atoms with Gasteiger partial charge in [0.05, 0.1) is 6.42 Å². The fraction of sp³-hybridized carbons (Fsp3) is 0.722. The van der Waals surface area contributed by atoms with Crippen LogP contribution < -0.4 is 0 Å². The molecule has 0 aliphatic carbocycles. The zero-order valence-electron chi connectivity index (χ0n) is 13.5. The Labute approximate surface area is 134 Å². The standard InChI is InChI=1S/C18H28N2O2/c1-2-15-18(19-20-18)16-13-11-9-7-5-3-4-6-8-10-12-14-17(21)22/h1,5,7H,3-4,6,8-16H2,(H,21,22)/b7-5-. The maximum Gasteiger partial charge on any atom is 0.303 e. The van der Waals surface area contributed by atoms with E-state index in [0.717, 1.165) is 44.9 Å². The number of hydrogen-bond acceptors (Lipinski definition) is 3. The van der Waals surface area contributed by atoms with Crippen LogP contribution in [0, 0.1) is 12.3 Å². The predicted octanol–water partition coefficient (Wildman–Crippen LogP) is 5.10. The number of aliphatic carboxylic acids is 1. The van der Waals surface area contributed by atoms with E-state index in [9.17, 15) is 4.79 Å². The Hall–Kier alpha value is -1.63. The summed E-state index contributed by atoms with van der Waals surface area (Å²) in [7, 11) is 0. The minimum Gasteiger partial charge on any atom is -0.481 e. The lowest BCUT2D eigenvalue weighted by Crippen LogP contribution is -2.08. The molecule has 0 fully saturated rings. The molecule has 22 heavy (non-hydrogen) atoms. The van der Waals surface area contributed by atoms with E-state index in [1.165, 1.54) is 19.3 Å². The summed E-state index contributed by atoms with van der Waals surface area (Å²) < 4.78 is 0. The lowest BCUT2D eigenvalue weighted by Gasteiger charge is -2.05. The first-order valence-electron chi connectivity index (χ1n) is 8.43. The van der Waals surface area contributed by atoms with E-state index in [1.807, 2.05) is 0 Å². The van der Waals surface area contributed by atoms with Crippen LogP contribution in [0.4, 0.5) is 0 Å². The summed E-state index contributed by atoms with van der Waals surface area (Å²) in [5.74, 6) is 1.96. The van der Waals surface area contributed by atoms with Crippen molar-refractivity contribution in [3.8, 4) is 12.3 Å². The molecule has 0 radical (unpaired) electrons. The van der Waals surface area contributed by atoms with Crippen molar-refractivity contribution in [3.63, 3.8) is 0 Å². The zero-order chi connectivity index (χ0) is 16.1. The van der Waals surface area contributed by atoms with E-state index >= 15 is 0 Å². The van der Waals surface area contributed by atoms with E-state index in [0.29, 0.717) is 12.8 Å². The highest BCUT2D eigenvalue weighted by atomic mass is 16.4. The number of unbranched alkanes of at least 4 members (excludes halogenated alkanes) is 7. The smallest absolute Gasteiger partial charge is 0.303 e. The Balaban J connectivity index is 1.81. The van der Waals surface area contributed by atoms with Gasteiger partial charge in [-0.1, -0.05) is 31.4 Å². The third-order valence-electron chi connectivity index (χ3n) is 3.89. The van der Waals surface area contributed by atoms with Gasteiger partial charge in [-0.05, 0) is 44.9 Å². The van der Waals surface area contributed by atoms with Crippen LogP contribution in [0.5, 0.6) is 0 Å². The third kappa shape index (κ3) is 9.33. The van der Waals surface area contributed by atoms with Crippen LogP contribution in [0.15, 0.2) is 22.4 Å². The number of nitrogens with zero attached hydrogens (tertiary/aromatic N) is 2. The summed E-state index contributed by atoms with van der Waals surface area (Å²) in [6.45, 7) is 0. The van der Waals surface area contributed by atoms with Gasteiger partial charge in [0.1, 0.15) is 0 Å². The number of carbonyl (C=O) groups is 1. The van der Waals surface area contributed by atoms with Crippen molar-refractivity contribution in [2.75, 3.05) is 0 Å². The average molecular weight is 304 g/mol. The van der Waals surface area contributed by atoms with Gasteiger partial charge in [-0.3, -0.25) is 4.79 Å². The van der Waals surface area contributed by atoms with Crippen molar-refractivity contribution >= 4 is 5.97 Å². The third-order valence-corrected chi connectivity index (χ3v) is 3.89. The topological polar surface area (TPSA) is 62.0 Å². The molecular weight excluding hydrogens is 276 g/mol. The summed E-state index contributed by atoms with van der Waals surface area (Å²) in [5.41, 5.74) is -0.209. The first-order valence-corrected chi connectivity index (χ1v) is 8.43. The fourth-order valence-electron chi connectivity index (χ4n) is 2.47. The van der Waals surface area contributed by atoms with E-state index in [2.05, 4.69) is 28.3 Å². The van der Waals surface area contributed by atoms with Gasteiger partial charge in [0, 0.05) is 6.42 Å². The van der Waals surface area contributed by atoms with Gasteiger partial charge in [0.15, 0.2) is 0 Å². The molecule has 0 atom stereocenters. The van der Waals surface area contributed by atoms with Crippen LogP contribution in [-0.4, -0.2) is 16.7 Å². The average Bonchev–Trinajstić information content (AvgIpc) is 3.24. The Morgan fingerprint density at radius 1 is 1.00 bits per heavy atom. The maximum absolute atomic E-state index is 10.3. The molecule has 0 bridgehead atoms. The predicted molar refractivity (Wildman–Crippen MR) is 88.6 cm³/mol. The van der Waals surface area contributed by atoms with Gasteiger partial charge in [-0.25, -0.2) is 0 Å². The number of hydrogen-bond donors (Lipinski definition) is 1. The largest absolute Gasteiger partial charge is 0.481 e. The zero-order valence-corrected chi connectivity index (χ0v) is 13.5. The Kier molecular flexibility index (Phi) is 9.21. The van der Waals surface area contributed by atoms with Gasteiger partial charge < -0.3 is 5.11 Å². The number of rotatable bonds is 14. The van der Waals surface area contributed by atoms with Crippen molar-refractivity contribution in [3.05, 3.63) is 12.2 Å². The molecule has 0 spiro atoms. The SMILES string of the molecule is C#CCC1(CCCC/C=C\CCCCCCCC(=O)O)N=N1. The Bertz CT molecular complexity index is 415. The second-order valence-electron chi connectivity index (χ2n) is 5.98. The first kappa shape index (κ1) is 18.4. The second kappa shape index (κ2) is 11.0. The molecule has 0 aromatic rings. The highest BCUT2D eigenvalue weighted by Crippen LogP contribution is 2.36. The molecule has 1 N–H and O–H groups in total. The highest BCUT2D eigenvalue weighted by molar-refractivity contribution is 5.66. The van der Waals surface area contributed by atoms with E-state index in [1.54, 1.807) is 0 Å². The second-order valence-corrected chi connectivity index (χ2v) is 5.98. The number of terminal acetylenes is 1. The van der Waals surface area contributed by atoms with Crippen molar-refractivity contribution in [2.45, 2.75) is 82.7 Å². The van der Waals surface area contributed by atoms with Gasteiger partial charge in [0.25, 0.3) is 0 Å². The van der Waals surface area contributed by atoms with Gasteiger partial charge >= 0.3 is 5.97 Å². The van der Waals surface area contributed by atoms with Crippen LogP contribution in [0.3, 0.4) is 0 Å². The molecule has 1 rings (SSSR count). The lowest BCUT2D eigenvalue weighted by atomic mass is 10.0. The molecule has 4 heteroatoms. The molecule has 0 amide bonds. The summed E-state index contributed by atoms with van der Waals surface area (Å²) in [5, 5.41) is 16.6. The van der Waals surface area contributed by atoms with Crippen molar-refractivity contribution in [2.24, 2.45) is 10.2 Å². The Morgan fingerprint density at radius 3 is 2.18 bits per heavy atom. The van der Waals surface area contributed by atoms with Crippen molar-refractivity contribution in [1.29, 1.82) is 0 Å². The first-order chi connectivity index (χ1) is 10.7. The monoisotopic (exact) mass is 304 g/mol. The molecule has 1 aliphatic heterocycles. The van der Waals surface area contributed by atoms with Crippen LogP contribution in [0.2, 0.25) is 0 Å². The van der Waals surface area contributed by atoms with Crippen LogP contribution in [0.1, 0.15) is 77.0 Å². The van der Waals surface area contributed by atoms with Crippen LogP contribution in [0.25, 0.3) is 0 Å². The van der Waals surface area contributed by atoms with E-state index in [4.69, 9.17) is 11.5 Å². The fourth-order valence-corrected chi connectivity index (χ4v) is 2.47. The summed E-state index contributed by atoms with van der Waals surface area (Å²) in [6.07, 6.45) is 21.7. The summed E-state index contributed by atoms with van der Waals surface area (Å²) in [4.78, 5) is 10.3. The molecule has 0 saturated heterocycles. The van der Waals surface area contributed by atoms with E-state index < -0.39 is 5.97 Å². The van der Waals surface area contributed by atoms with Crippen molar-refractivity contribution in [1.82, 2.24) is 0 Å². The van der Waals surface area contributed by atoms with Crippen LogP contribution >= 0.6 is 0 Å². The number of carboxylic acid groups (broad SMARTS) is 1. The molecule has 0 aromatic carbocycles. The minimum atomic E-state index is -0.683. The molecular formula is C18H28N2O2. The summed E-state index contributed by atoms with van der Waals surface area (Å²) >= 11 is 0. The maximum atomic E-state index is 10.3. The molecule has 1 aliphatic rings. The number of allylic oxidation sites excluding steroid dienone is 2. The number of carboxylic acids is 1. The molecule has 122 valence electrons. The molecule has 1 heterocycles. The lowest BCUT2D eigenvalue weighted by molar-refractivity contribution is -0.137. The van der Waals surface area contributed by atoms with Gasteiger partial charge in [-0.2, -0.15) is 10.2 Å². The molecule has 0 unspecified atom stereocenters. The Morgan fingerprint density at radius 2 is 1.59 bits per heavy atom. The quantitative estimate of drug-likeness (QED) is 0.275. The highest BCUT2D eigenvalue weighted by Gasteiger charge is 2.37. The van der Waals surface area contributed by atoms with Gasteiger partial charge in [0.2, 0.25) is 5.66 Å². The molecule has 0 aromatic heterocycles.